The highest BCUT2D eigenvalue weighted by Gasteiger charge is 2.12. The molecule has 0 fully saturated rings. The molecule has 1 aromatic rings. The lowest BCUT2D eigenvalue weighted by Gasteiger charge is -2.18. The van der Waals surface area contributed by atoms with Gasteiger partial charge in [0.25, 0.3) is 0 Å². The highest BCUT2D eigenvalue weighted by molar-refractivity contribution is 5.50. The van der Waals surface area contributed by atoms with Gasteiger partial charge in [-0.3, -0.25) is 0 Å². The van der Waals surface area contributed by atoms with Crippen molar-refractivity contribution in [1.29, 1.82) is 0 Å². The second kappa shape index (κ2) is 6.76. The van der Waals surface area contributed by atoms with Gasteiger partial charge in [-0.25, -0.2) is 0 Å². The first-order valence-electron chi connectivity index (χ1n) is 6.92. The molecule has 18 heavy (non-hydrogen) atoms. The lowest BCUT2D eigenvalue weighted by molar-refractivity contribution is -0.126. The molecule has 0 radical (unpaired) electrons. The highest BCUT2D eigenvalue weighted by atomic mass is 16.7. The average Bonchev–Trinajstić information content (AvgIpc) is 2.84. The monoisotopic (exact) mass is 249 g/mol. The molecule has 0 heterocycles. The molecule has 1 aliphatic carbocycles. The third-order valence-corrected chi connectivity index (χ3v) is 3.28. The van der Waals surface area contributed by atoms with E-state index < -0.39 is 0 Å². The Bertz CT molecular complexity index is 373. The molecule has 1 N–H and O–H groups in total. The van der Waals surface area contributed by atoms with E-state index in [0.717, 1.165) is 0 Å². The van der Waals surface area contributed by atoms with Crippen LogP contribution < -0.4 is 5.32 Å². The molecular formula is C15H23NO2. The van der Waals surface area contributed by atoms with E-state index in [4.69, 9.17) is 9.47 Å². The van der Waals surface area contributed by atoms with Crippen LogP contribution in [0.1, 0.15) is 31.4 Å². The Hall–Kier alpha value is -1.06. The first-order chi connectivity index (χ1) is 8.83. The number of benzene rings is 1. The second-order valence-corrected chi connectivity index (χ2v) is 4.56. The van der Waals surface area contributed by atoms with Gasteiger partial charge in [-0.1, -0.05) is 6.07 Å². The average molecular weight is 249 g/mol. The molecule has 0 saturated heterocycles. The zero-order valence-electron chi connectivity index (χ0n) is 11.4. The summed E-state index contributed by atoms with van der Waals surface area (Å²) < 4.78 is 11.0. The van der Waals surface area contributed by atoms with E-state index in [9.17, 15) is 0 Å². The molecule has 1 aliphatic rings. The number of aryl methyl sites for hydroxylation is 2. The minimum Gasteiger partial charge on any atom is -0.380 e. The van der Waals surface area contributed by atoms with E-state index in [1.807, 2.05) is 13.8 Å². The number of ether oxygens (including phenoxy) is 2. The van der Waals surface area contributed by atoms with E-state index in [1.165, 1.54) is 36.1 Å². The summed E-state index contributed by atoms with van der Waals surface area (Å²) in [5.74, 6) is 0. The zero-order chi connectivity index (χ0) is 12.8. The predicted octanol–water partition coefficient (Wildman–Crippen LogP) is 2.99. The standard InChI is InChI=1S/C15H23NO2/c1-3-17-15(18-4-2)11-16-14-9-8-12-6-5-7-13(12)10-14/h8-10,15-16H,3-7,11H2,1-2H3. The summed E-state index contributed by atoms with van der Waals surface area (Å²) in [6.07, 6.45) is 3.58. The van der Waals surface area contributed by atoms with Gasteiger partial charge in [0.2, 0.25) is 0 Å². The van der Waals surface area contributed by atoms with Crippen molar-refractivity contribution in [2.45, 2.75) is 39.4 Å². The molecule has 0 amide bonds. The number of hydrogen-bond donors (Lipinski definition) is 1. The second-order valence-electron chi connectivity index (χ2n) is 4.56. The summed E-state index contributed by atoms with van der Waals surface area (Å²) in [6.45, 7) is 6.02. The molecule has 1 aromatic carbocycles. The lowest BCUT2D eigenvalue weighted by Crippen LogP contribution is -2.26. The van der Waals surface area contributed by atoms with E-state index in [1.54, 1.807) is 0 Å². The van der Waals surface area contributed by atoms with E-state index in [-0.39, 0.29) is 6.29 Å². The van der Waals surface area contributed by atoms with Gasteiger partial charge >= 0.3 is 0 Å². The molecule has 0 aliphatic heterocycles. The summed E-state index contributed by atoms with van der Waals surface area (Å²) in [7, 11) is 0. The van der Waals surface area contributed by atoms with Crippen LogP contribution >= 0.6 is 0 Å². The largest absolute Gasteiger partial charge is 0.380 e. The van der Waals surface area contributed by atoms with Crippen molar-refractivity contribution in [3.63, 3.8) is 0 Å². The van der Waals surface area contributed by atoms with Crippen LogP contribution in [0.4, 0.5) is 5.69 Å². The van der Waals surface area contributed by atoms with Crippen LogP contribution in [0.3, 0.4) is 0 Å². The maximum absolute atomic E-state index is 5.51. The molecule has 0 spiro atoms. The zero-order valence-corrected chi connectivity index (χ0v) is 11.4. The fourth-order valence-electron chi connectivity index (χ4n) is 2.42. The van der Waals surface area contributed by atoms with Crippen LogP contribution in [0.5, 0.6) is 0 Å². The maximum atomic E-state index is 5.51. The summed E-state index contributed by atoms with van der Waals surface area (Å²) in [5.41, 5.74) is 4.16. The molecule has 0 unspecified atom stereocenters. The summed E-state index contributed by atoms with van der Waals surface area (Å²) in [4.78, 5) is 0. The van der Waals surface area contributed by atoms with Crippen LogP contribution in [0.25, 0.3) is 0 Å². The third-order valence-electron chi connectivity index (χ3n) is 3.28. The molecule has 3 nitrogen and oxygen atoms in total. The molecular weight excluding hydrogens is 226 g/mol. The van der Waals surface area contributed by atoms with Crippen LogP contribution in [0.2, 0.25) is 0 Å². The number of nitrogens with one attached hydrogen (secondary N) is 1. The maximum Gasteiger partial charge on any atom is 0.174 e. The normalized spacial score (nSPS) is 13.9. The van der Waals surface area contributed by atoms with Gasteiger partial charge in [-0.15, -0.1) is 0 Å². The van der Waals surface area contributed by atoms with Gasteiger partial charge in [0.05, 0.1) is 6.54 Å². The van der Waals surface area contributed by atoms with Gasteiger partial charge in [0.1, 0.15) is 0 Å². The van der Waals surface area contributed by atoms with Crippen molar-refractivity contribution in [1.82, 2.24) is 0 Å². The van der Waals surface area contributed by atoms with Gasteiger partial charge in [0, 0.05) is 18.9 Å². The molecule has 100 valence electrons. The first-order valence-corrected chi connectivity index (χ1v) is 6.92. The van der Waals surface area contributed by atoms with Crippen molar-refractivity contribution in [3.05, 3.63) is 29.3 Å². The van der Waals surface area contributed by atoms with Crippen LogP contribution in [-0.4, -0.2) is 26.0 Å². The smallest absolute Gasteiger partial charge is 0.174 e. The Kier molecular flexibility index (Phi) is 5.02. The molecule has 0 aromatic heterocycles. The Morgan fingerprint density at radius 1 is 1.11 bits per heavy atom. The van der Waals surface area contributed by atoms with Crippen LogP contribution in [0.15, 0.2) is 18.2 Å². The van der Waals surface area contributed by atoms with Crippen molar-refractivity contribution < 1.29 is 9.47 Å². The van der Waals surface area contributed by atoms with E-state index in [2.05, 4.69) is 23.5 Å². The Morgan fingerprint density at radius 2 is 1.83 bits per heavy atom. The van der Waals surface area contributed by atoms with Crippen molar-refractivity contribution in [2.75, 3.05) is 25.1 Å². The van der Waals surface area contributed by atoms with Crippen molar-refractivity contribution in [3.8, 4) is 0 Å². The van der Waals surface area contributed by atoms with Crippen molar-refractivity contribution >= 4 is 5.69 Å². The summed E-state index contributed by atoms with van der Waals surface area (Å²) >= 11 is 0. The molecule has 2 rings (SSSR count). The Labute approximate surface area is 109 Å². The number of hydrogen-bond acceptors (Lipinski definition) is 3. The summed E-state index contributed by atoms with van der Waals surface area (Å²) in [5, 5.41) is 3.39. The fourth-order valence-corrected chi connectivity index (χ4v) is 2.42. The van der Waals surface area contributed by atoms with E-state index in [0.29, 0.717) is 19.8 Å². The predicted molar refractivity (Wildman–Crippen MR) is 74.0 cm³/mol. The minimum absolute atomic E-state index is 0.159. The molecule has 0 bridgehead atoms. The third kappa shape index (κ3) is 3.47. The highest BCUT2D eigenvalue weighted by Crippen LogP contribution is 2.24. The van der Waals surface area contributed by atoms with Crippen LogP contribution in [0, 0.1) is 0 Å². The molecule has 0 saturated carbocycles. The number of rotatable bonds is 7. The quantitative estimate of drug-likeness (QED) is 0.754. The topological polar surface area (TPSA) is 30.5 Å². The molecule has 3 heteroatoms. The molecule has 0 atom stereocenters. The number of anilines is 1. The van der Waals surface area contributed by atoms with Crippen molar-refractivity contribution in [2.24, 2.45) is 0 Å². The van der Waals surface area contributed by atoms with E-state index >= 15 is 0 Å². The SMILES string of the molecule is CCOC(CNc1ccc2c(c1)CCC2)OCC. The Balaban J connectivity index is 1.88. The first kappa shape index (κ1) is 13.4. The minimum atomic E-state index is -0.159. The lowest BCUT2D eigenvalue weighted by atomic mass is 10.1. The fraction of sp³-hybridized carbons (Fsp3) is 0.600. The van der Waals surface area contributed by atoms with Gasteiger partial charge < -0.3 is 14.8 Å². The van der Waals surface area contributed by atoms with Crippen LogP contribution in [-0.2, 0) is 22.3 Å². The Morgan fingerprint density at radius 3 is 2.56 bits per heavy atom. The van der Waals surface area contributed by atoms with Gasteiger partial charge in [0.15, 0.2) is 6.29 Å². The van der Waals surface area contributed by atoms with Gasteiger partial charge in [-0.2, -0.15) is 0 Å². The number of fused-ring (bicyclic) bond motifs is 1. The summed E-state index contributed by atoms with van der Waals surface area (Å²) in [6, 6.07) is 6.65. The van der Waals surface area contributed by atoms with Gasteiger partial charge in [-0.05, 0) is 56.4 Å².